The molecule has 0 fully saturated rings. The van der Waals surface area contributed by atoms with E-state index in [1.165, 1.54) is 0 Å². The smallest absolute Gasteiger partial charge is 0.331 e. The van der Waals surface area contributed by atoms with Crippen molar-refractivity contribution in [2.45, 2.75) is 39.3 Å². The Morgan fingerprint density at radius 3 is 1.25 bits per heavy atom. The van der Waals surface area contributed by atoms with Crippen LogP contribution in [0, 0.1) is 0 Å². The molecule has 4 nitrogen and oxygen atoms in total. The van der Waals surface area contributed by atoms with Gasteiger partial charge in [-0.15, -0.1) is 0 Å². The van der Waals surface area contributed by atoms with E-state index < -0.39 is 28.6 Å². The third kappa shape index (κ3) is 6.57. The first-order chi connectivity index (χ1) is 6.92. The van der Waals surface area contributed by atoms with Gasteiger partial charge in [0, 0.05) is 0 Å². The van der Waals surface area contributed by atoms with Gasteiger partial charge in [-0.25, -0.2) is 9.59 Å². The Bertz CT molecular complexity index is 280. The Morgan fingerprint density at radius 1 is 0.812 bits per heavy atom. The number of hydrogen-bond acceptors (Lipinski definition) is 4. The fourth-order valence-corrected chi connectivity index (χ4v) is 2.12. The topological polar surface area (TPSA) is 52.6 Å². The number of carbonyl (C=O) groups excluding carboxylic acids is 2. The third-order valence-corrected chi connectivity index (χ3v) is 2.89. The SMILES string of the molecule is C=C(C(=O)O[Si](C)(C)C)C(=O)O[Si](C)(C)C. The van der Waals surface area contributed by atoms with Crippen molar-refractivity contribution in [3.63, 3.8) is 0 Å². The van der Waals surface area contributed by atoms with Gasteiger partial charge in [-0.3, -0.25) is 0 Å². The van der Waals surface area contributed by atoms with Crippen LogP contribution in [0.25, 0.3) is 0 Å². The van der Waals surface area contributed by atoms with Crippen LogP contribution < -0.4 is 0 Å². The van der Waals surface area contributed by atoms with Gasteiger partial charge in [-0.1, -0.05) is 6.58 Å². The van der Waals surface area contributed by atoms with E-state index in [9.17, 15) is 9.59 Å². The number of rotatable bonds is 4. The predicted molar refractivity (Wildman–Crippen MR) is 68.0 cm³/mol. The minimum absolute atomic E-state index is 0.218. The van der Waals surface area contributed by atoms with Crippen molar-refractivity contribution in [2.24, 2.45) is 0 Å². The molecule has 0 atom stereocenters. The Hall–Kier alpha value is -0.886. The fourth-order valence-electron chi connectivity index (χ4n) is 0.763. The maximum atomic E-state index is 11.5. The van der Waals surface area contributed by atoms with E-state index in [4.69, 9.17) is 8.85 Å². The van der Waals surface area contributed by atoms with E-state index in [-0.39, 0.29) is 5.57 Å². The zero-order chi connectivity index (χ0) is 13.1. The van der Waals surface area contributed by atoms with Gasteiger partial charge in [0.2, 0.25) is 16.6 Å². The Kier molecular flexibility index (Phi) is 4.69. The van der Waals surface area contributed by atoms with Crippen molar-refractivity contribution in [1.82, 2.24) is 0 Å². The largest absolute Gasteiger partial charge is 0.516 e. The quantitative estimate of drug-likeness (QED) is 0.337. The van der Waals surface area contributed by atoms with Gasteiger partial charge in [0.1, 0.15) is 5.57 Å². The van der Waals surface area contributed by atoms with Gasteiger partial charge < -0.3 is 8.85 Å². The Morgan fingerprint density at radius 2 is 1.06 bits per heavy atom. The average molecular weight is 260 g/mol. The summed E-state index contributed by atoms with van der Waals surface area (Å²) in [6.07, 6.45) is 0. The molecular formula is C10H20O4Si2. The Balaban J connectivity index is 4.47. The molecule has 0 saturated heterocycles. The van der Waals surface area contributed by atoms with Gasteiger partial charge in [0.15, 0.2) is 0 Å². The van der Waals surface area contributed by atoms with Gasteiger partial charge in [0.25, 0.3) is 0 Å². The van der Waals surface area contributed by atoms with Crippen molar-refractivity contribution in [3.8, 4) is 0 Å². The number of hydrogen-bond donors (Lipinski definition) is 0. The third-order valence-electron chi connectivity index (χ3n) is 1.29. The highest BCUT2D eigenvalue weighted by Crippen LogP contribution is 2.11. The standard InChI is InChI=1S/C10H20O4Si2/c1-8(9(11)13-15(2,3)4)10(12)14-16(5,6)7/h1H2,2-7H3. The lowest BCUT2D eigenvalue weighted by Gasteiger charge is -2.20. The predicted octanol–water partition coefficient (Wildman–Crippen LogP) is 2.30. The molecule has 0 aromatic carbocycles. The van der Waals surface area contributed by atoms with E-state index in [1.54, 1.807) is 0 Å². The molecule has 92 valence electrons. The monoisotopic (exact) mass is 260 g/mol. The molecule has 0 unspecified atom stereocenters. The molecule has 16 heavy (non-hydrogen) atoms. The van der Waals surface area contributed by atoms with E-state index in [1.807, 2.05) is 39.3 Å². The molecule has 0 aliphatic carbocycles. The zero-order valence-corrected chi connectivity index (χ0v) is 12.8. The van der Waals surface area contributed by atoms with Crippen molar-refractivity contribution in [3.05, 3.63) is 12.2 Å². The second kappa shape index (κ2) is 4.96. The van der Waals surface area contributed by atoms with Gasteiger partial charge in [-0.2, -0.15) is 0 Å². The summed E-state index contributed by atoms with van der Waals surface area (Å²) in [4.78, 5) is 23.0. The molecule has 0 aromatic rings. The Labute approximate surface area is 98.9 Å². The van der Waals surface area contributed by atoms with Crippen molar-refractivity contribution >= 4 is 28.6 Å². The molecule has 6 heteroatoms. The van der Waals surface area contributed by atoms with Crippen LogP contribution in [0.1, 0.15) is 0 Å². The summed E-state index contributed by atoms with van der Waals surface area (Å²) in [7, 11) is -3.99. The molecule has 0 rings (SSSR count). The first kappa shape index (κ1) is 15.1. The van der Waals surface area contributed by atoms with E-state index in [0.29, 0.717) is 0 Å². The molecule has 0 aromatic heterocycles. The van der Waals surface area contributed by atoms with E-state index in [0.717, 1.165) is 0 Å². The van der Waals surface area contributed by atoms with Crippen LogP contribution in [0.4, 0.5) is 0 Å². The molecule has 0 saturated carbocycles. The van der Waals surface area contributed by atoms with Crippen LogP contribution in [-0.4, -0.2) is 28.6 Å². The molecule has 0 heterocycles. The minimum Gasteiger partial charge on any atom is -0.516 e. The summed E-state index contributed by atoms with van der Waals surface area (Å²) in [6, 6.07) is 0. The van der Waals surface area contributed by atoms with Gasteiger partial charge in [-0.05, 0) is 39.3 Å². The summed E-state index contributed by atoms with van der Waals surface area (Å²) >= 11 is 0. The lowest BCUT2D eigenvalue weighted by molar-refractivity contribution is -0.138. The average Bonchev–Trinajstić information content (AvgIpc) is 1.96. The lowest BCUT2D eigenvalue weighted by Crippen LogP contribution is -2.35. The summed E-state index contributed by atoms with van der Waals surface area (Å²) in [5.41, 5.74) is -0.218. The minimum atomic E-state index is -1.99. The summed E-state index contributed by atoms with van der Waals surface area (Å²) < 4.78 is 10.3. The van der Waals surface area contributed by atoms with Crippen LogP contribution in [0.5, 0.6) is 0 Å². The fraction of sp³-hybridized carbons (Fsp3) is 0.600. The van der Waals surface area contributed by atoms with Gasteiger partial charge >= 0.3 is 11.9 Å². The van der Waals surface area contributed by atoms with E-state index in [2.05, 4.69) is 6.58 Å². The molecule has 0 N–H and O–H groups in total. The molecule has 0 bridgehead atoms. The summed E-state index contributed by atoms with van der Waals surface area (Å²) in [5.74, 6) is -1.33. The molecular weight excluding hydrogens is 240 g/mol. The molecule has 0 amide bonds. The van der Waals surface area contributed by atoms with E-state index >= 15 is 0 Å². The second-order valence-corrected chi connectivity index (χ2v) is 14.3. The van der Waals surface area contributed by atoms with Gasteiger partial charge in [0.05, 0.1) is 0 Å². The van der Waals surface area contributed by atoms with Crippen LogP contribution in [-0.2, 0) is 18.4 Å². The summed E-state index contributed by atoms with van der Waals surface area (Å²) in [5, 5.41) is 0. The summed E-state index contributed by atoms with van der Waals surface area (Å²) in [6.45, 7) is 14.6. The maximum Gasteiger partial charge on any atom is 0.331 e. The van der Waals surface area contributed by atoms with Crippen LogP contribution in [0.3, 0.4) is 0 Å². The van der Waals surface area contributed by atoms with Crippen molar-refractivity contribution < 1.29 is 18.4 Å². The maximum absolute atomic E-state index is 11.5. The zero-order valence-electron chi connectivity index (χ0n) is 10.8. The second-order valence-electron chi connectivity index (χ2n) is 5.48. The van der Waals surface area contributed by atoms with Crippen LogP contribution in [0.15, 0.2) is 12.2 Å². The first-order valence-electron chi connectivity index (χ1n) is 5.08. The highest BCUT2D eigenvalue weighted by molar-refractivity contribution is 6.72. The molecule has 0 spiro atoms. The first-order valence-corrected chi connectivity index (χ1v) is 11.9. The highest BCUT2D eigenvalue weighted by Gasteiger charge is 2.28. The van der Waals surface area contributed by atoms with Crippen LogP contribution >= 0.6 is 0 Å². The molecule has 0 radical (unpaired) electrons. The van der Waals surface area contributed by atoms with Crippen molar-refractivity contribution in [1.29, 1.82) is 0 Å². The number of carbonyl (C=O) groups is 2. The lowest BCUT2D eigenvalue weighted by atomic mass is 10.3. The van der Waals surface area contributed by atoms with Crippen LogP contribution in [0.2, 0.25) is 39.3 Å². The molecule has 0 aliphatic heterocycles. The highest BCUT2D eigenvalue weighted by atomic mass is 28.4. The molecule has 0 aliphatic rings. The van der Waals surface area contributed by atoms with Crippen molar-refractivity contribution in [2.75, 3.05) is 0 Å². The normalized spacial score (nSPS) is 11.9.